The summed E-state index contributed by atoms with van der Waals surface area (Å²) in [4.78, 5) is 25.7. The van der Waals surface area contributed by atoms with E-state index in [2.05, 4.69) is 22.4 Å². The first-order chi connectivity index (χ1) is 18.4. The van der Waals surface area contributed by atoms with E-state index in [4.69, 9.17) is 9.32 Å². The highest BCUT2D eigenvalue weighted by Crippen LogP contribution is 2.38. The quantitative estimate of drug-likeness (QED) is 0.0681. The Hall–Kier alpha value is -3.00. The molecule has 12 heteroatoms. The number of amides is 1. The van der Waals surface area contributed by atoms with E-state index in [-0.39, 0.29) is 5.88 Å². The highest BCUT2D eigenvalue weighted by atomic mass is 32.2. The number of anilines is 1. The van der Waals surface area contributed by atoms with Gasteiger partial charge in [0, 0.05) is 23.5 Å². The Kier molecular flexibility index (Phi) is 9.72. The van der Waals surface area contributed by atoms with Crippen LogP contribution in [0.2, 0.25) is 0 Å². The third kappa shape index (κ3) is 6.34. The number of aromatic nitrogens is 1. The van der Waals surface area contributed by atoms with E-state index >= 15 is 0 Å². The fourth-order valence-corrected chi connectivity index (χ4v) is 5.00. The van der Waals surface area contributed by atoms with Crippen molar-refractivity contribution in [3.05, 3.63) is 65.2 Å². The third-order valence-corrected chi connectivity index (χ3v) is 7.35. The van der Waals surface area contributed by atoms with Gasteiger partial charge in [0.25, 0.3) is 17.2 Å². The summed E-state index contributed by atoms with van der Waals surface area (Å²) in [7, 11) is 0. The lowest BCUT2D eigenvalue weighted by atomic mass is 10.00. The molecule has 38 heavy (non-hydrogen) atoms. The Morgan fingerprint density at radius 3 is 2.37 bits per heavy atom. The maximum atomic E-state index is 12.9. The largest absolute Gasteiger partial charge is 0.494 e. The molecule has 0 fully saturated rings. The van der Waals surface area contributed by atoms with E-state index in [1.165, 1.54) is 4.31 Å². The number of aromatic amines is 1. The van der Waals surface area contributed by atoms with Gasteiger partial charge < -0.3 is 10.1 Å². The first kappa shape index (κ1) is 28.0. The molecule has 2 aromatic carbocycles. The second-order valence-corrected chi connectivity index (χ2v) is 10.3. The first-order valence-electron chi connectivity index (χ1n) is 12.3. The zero-order valence-electron chi connectivity index (χ0n) is 21.1. The second kappa shape index (κ2) is 13.2. The smallest absolute Gasteiger partial charge is 0.280 e. The van der Waals surface area contributed by atoms with Crippen molar-refractivity contribution in [2.75, 3.05) is 17.4 Å². The molecule has 4 N–H and O–H groups in total. The highest BCUT2D eigenvalue weighted by Gasteiger charge is 2.33. The van der Waals surface area contributed by atoms with Crippen molar-refractivity contribution in [2.24, 2.45) is 4.99 Å². The number of fused-ring (bicyclic) bond motifs is 1. The molecule has 1 amide bonds. The lowest BCUT2D eigenvalue weighted by molar-refractivity contribution is -0.244. The Bertz CT molecular complexity index is 1310. The van der Waals surface area contributed by atoms with E-state index in [1.807, 2.05) is 31.2 Å². The monoisotopic (exact) mass is 558 g/mol. The Labute approximate surface area is 228 Å². The summed E-state index contributed by atoms with van der Waals surface area (Å²) in [6, 6.07) is 14.1. The molecule has 1 atom stereocenters. The van der Waals surface area contributed by atoms with Crippen molar-refractivity contribution in [2.45, 2.75) is 44.4 Å². The molecule has 1 aliphatic rings. The van der Waals surface area contributed by atoms with Gasteiger partial charge in [-0.3, -0.25) is 13.7 Å². The molecule has 0 saturated carbocycles. The van der Waals surface area contributed by atoms with Gasteiger partial charge in [-0.05, 0) is 42.7 Å². The fourth-order valence-electron chi connectivity index (χ4n) is 4.00. The van der Waals surface area contributed by atoms with Crippen molar-refractivity contribution in [3.8, 4) is 17.1 Å². The highest BCUT2D eigenvalue weighted by molar-refractivity contribution is 7.94. The number of nitrogens with one attached hydrogen (secondary N) is 2. The number of nitrogens with zero attached hydrogens (tertiary/aromatic N) is 2. The SMILES string of the molecule is CCCCNOOSc1ccc(-c2[nH]c(O)c3c2C(=O)N=C3c2ccc(N(CCCC)S(=O)O)cc2)cc1. The number of carbonyl (C=O) groups excluding carboxylic acids is 1. The molecule has 3 aromatic rings. The summed E-state index contributed by atoms with van der Waals surface area (Å²) in [6.07, 6.45) is 3.70. The van der Waals surface area contributed by atoms with Crippen LogP contribution in [0.3, 0.4) is 0 Å². The van der Waals surface area contributed by atoms with Gasteiger partial charge in [0.2, 0.25) is 0 Å². The lowest BCUT2D eigenvalue weighted by Crippen LogP contribution is -2.26. The van der Waals surface area contributed by atoms with Crippen LogP contribution < -0.4 is 9.79 Å². The van der Waals surface area contributed by atoms with Crippen molar-refractivity contribution in [1.82, 2.24) is 10.5 Å². The van der Waals surface area contributed by atoms with E-state index in [1.54, 1.807) is 24.3 Å². The number of aliphatic imine (C=N–C) groups is 1. The van der Waals surface area contributed by atoms with Gasteiger partial charge >= 0.3 is 0 Å². The zero-order valence-corrected chi connectivity index (χ0v) is 22.7. The summed E-state index contributed by atoms with van der Waals surface area (Å²) in [5, 5.41) is 10.7. The van der Waals surface area contributed by atoms with Crippen LogP contribution in [0.15, 0.2) is 58.4 Å². The average molecular weight is 559 g/mol. The number of benzene rings is 2. The molecule has 4 rings (SSSR count). The van der Waals surface area contributed by atoms with Gasteiger partial charge in [0.05, 0.1) is 40.3 Å². The standard InChI is InChI=1S/C26H30N4O6S2/c1-3-5-15-27-35-36-37-20-13-9-18(10-14-20)24-22-21(25(31)29-24)23(28-26(22)32)17-7-11-19(12-8-17)30(38(33)34)16-6-4-2/h7-14,27,29,31H,3-6,15-16H2,1-2H3,(H,33,34). The predicted octanol–water partition coefficient (Wildman–Crippen LogP) is 5.38. The average Bonchev–Trinajstić information content (AvgIpc) is 3.45. The molecule has 0 radical (unpaired) electrons. The maximum absolute atomic E-state index is 12.9. The van der Waals surface area contributed by atoms with E-state index in [0.29, 0.717) is 52.4 Å². The Morgan fingerprint density at radius 2 is 1.71 bits per heavy atom. The van der Waals surface area contributed by atoms with Crippen LogP contribution >= 0.6 is 12.0 Å². The normalized spacial score (nSPS) is 13.4. The fraction of sp³-hybridized carbons (Fsp3) is 0.308. The third-order valence-electron chi connectivity index (χ3n) is 5.97. The first-order valence-corrected chi connectivity index (χ1v) is 14.2. The number of H-pyrrole nitrogens is 1. The van der Waals surface area contributed by atoms with Crippen LogP contribution in [-0.4, -0.2) is 43.6 Å². The van der Waals surface area contributed by atoms with E-state index in [0.717, 1.165) is 42.6 Å². The van der Waals surface area contributed by atoms with Crippen LogP contribution in [0.1, 0.15) is 61.0 Å². The minimum atomic E-state index is -2.15. The molecular weight excluding hydrogens is 528 g/mol. The topological polar surface area (TPSA) is 136 Å². The molecule has 10 nitrogen and oxygen atoms in total. The van der Waals surface area contributed by atoms with Crippen LogP contribution in [0.5, 0.6) is 5.88 Å². The molecule has 2 heterocycles. The summed E-state index contributed by atoms with van der Waals surface area (Å²) in [5.41, 5.74) is 6.04. The van der Waals surface area contributed by atoms with Crippen LogP contribution in [-0.2, 0) is 20.6 Å². The zero-order chi connectivity index (χ0) is 27.1. The number of hydrogen-bond donors (Lipinski definition) is 4. The van der Waals surface area contributed by atoms with Gasteiger partial charge in [-0.15, -0.1) is 9.32 Å². The summed E-state index contributed by atoms with van der Waals surface area (Å²) in [5.74, 6) is -0.613. The number of unbranched alkanes of at least 4 members (excludes halogenated alkanes) is 2. The van der Waals surface area contributed by atoms with Crippen molar-refractivity contribution < 1.29 is 28.0 Å². The molecule has 1 aromatic heterocycles. The van der Waals surface area contributed by atoms with Gasteiger partial charge in [-0.25, -0.2) is 9.20 Å². The number of hydroxylamine groups is 1. The van der Waals surface area contributed by atoms with Crippen LogP contribution in [0.25, 0.3) is 11.3 Å². The summed E-state index contributed by atoms with van der Waals surface area (Å²) >= 11 is -1.10. The number of aromatic hydroxyl groups is 1. The molecule has 202 valence electrons. The van der Waals surface area contributed by atoms with E-state index < -0.39 is 17.2 Å². The molecule has 1 aliphatic heterocycles. The minimum absolute atomic E-state index is 0.155. The van der Waals surface area contributed by atoms with Gasteiger partial charge in [0.1, 0.15) is 0 Å². The summed E-state index contributed by atoms with van der Waals surface area (Å²) in [6.45, 7) is 5.23. The van der Waals surface area contributed by atoms with E-state index in [9.17, 15) is 18.7 Å². The van der Waals surface area contributed by atoms with Crippen molar-refractivity contribution in [3.63, 3.8) is 0 Å². The molecule has 0 aliphatic carbocycles. The minimum Gasteiger partial charge on any atom is -0.494 e. The Balaban J connectivity index is 1.50. The van der Waals surface area contributed by atoms with Crippen LogP contribution in [0, 0.1) is 0 Å². The van der Waals surface area contributed by atoms with Crippen LogP contribution in [0.4, 0.5) is 5.69 Å². The number of hydrogen-bond acceptors (Lipinski definition) is 7. The Morgan fingerprint density at radius 1 is 1.03 bits per heavy atom. The lowest BCUT2D eigenvalue weighted by Gasteiger charge is -2.19. The van der Waals surface area contributed by atoms with Gasteiger partial charge in [-0.2, -0.15) is 5.48 Å². The number of carbonyl (C=O) groups is 1. The molecule has 0 bridgehead atoms. The van der Waals surface area contributed by atoms with Crippen molar-refractivity contribution >= 4 is 40.6 Å². The molecule has 0 spiro atoms. The predicted molar refractivity (Wildman–Crippen MR) is 148 cm³/mol. The van der Waals surface area contributed by atoms with Crippen molar-refractivity contribution in [1.29, 1.82) is 0 Å². The summed E-state index contributed by atoms with van der Waals surface area (Å²) < 4.78 is 27.9. The van der Waals surface area contributed by atoms with Gasteiger partial charge in [-0.1, -0.05) is 51.0 Å². The molecular formula is C26H30N4O6S2. The molecule has 1 unspecified atom stereocenters. The number of rotatable bonds is 14. The second-order valence-electron chi connectivity index (χ2n) is 8.60. The van der Waals surface area contributed by atoms with Gasteiger partial charge in [0.15, 0.2) is 5.88 Å². The maximum Gasteiger partial charge on any atom is 0.280 e. The molecule has 0 saturated heterocycles.